The highest BCUT2D eigenvalue weighted by molar-refractivity contribution is 5.76. The number of allylic oxidation sites excluding steroid dienone is 1. The summed E-state index contributed by atoms with van der Waals surface area (Å²) in [6, 6.07) is 8.33. The molecular weight excluding hydrogens is 388 g/mol. The molecule has 0 bridgehead atoms. The summed E-state index contributed by atoms with van der Waals surface area (Å²) in [7, 11) is 1.70. The summed E-state index contributed by atoms with van der Waals surface area (Å²) in [5.41, 5.74) is 3.11. The first kappa shape index (κ1) is 20.9. The van der Waals surface area contributed by atoms with Gasteiger partial charge in [-0.25, -0.2) is 0 Å². The van der Waals surface area contributed by atoms with Gasteiger partial charge in [-0.3, -0.25) is 4.79 Å². The molecule has 5 nitrogen and oxygen atoms in total. The second kappa shape index (κ2) is 8.16. The smallest absolute Gasteiger partial charge is 0.315 e. The van der Waals surface area contributed by atoms with Gasteiger partial charge in [-0.2, -0.15) is 0 Å². The van der Waals surface area contributed by atoms with Crippen LogP contribution in [0.5, 0.6) is 5.75 Å². The highest BCUT2D eigenvalue weighted by atomic mass is 16.6. The molecule has 5 atom stereocenters. The van der Waals surface area contributed by atoms with Crippen molar-refractivity contribution in [1.29, 1.82) is 0 Å². The largest absolute Gasteiger partial charge is 0.497 e. The number of nitrogens with zero attached hydrogens (tertiary/aromatic N) is 1. The van der Waals surface area contributed by atoms with E-state index in [0.717, 1.165) is 44.9 Å². The number of piperazine rings is 1. The molecule has 0 unspecified atom stereocenters. The van der Waals surface area contributed by atoms with Gasteiger partial charge in [0, 0.05) is 11.6 Å². The van der Waals surface area contributed by atoms with Crippen LogP contribution in [-0.2, 0) is 9.53 Å². The lowest BCUT2D eigenvalue weighted by molar-refractivity contribution is -0.903. The molecule has 2 heterocycles. The Labute approximate surface area is 186 Å². The number of anilines is 1. The maximum absolute atomic E-state index is 12.9. The first-order valence-electron chi connectivity index (χ1n) is 12.1. The van der Waals surface area contributed by atoms with Crippen LogP contribution in [0.4, 0.5) is 5.69 Å². The van der Waals surface area contributed by atoms with Crippen molar-refractivity contribution in [1.82, 2.24) is 0 Å². The van der Waals surface area contributed by atoms with Gasteiger partial charge in [0.15, 0.2) is 0 Å². The van der Waals surface area contributed by atoms with Crippen LogP contribution < -0.4 is 14.5 Å². The molecule has 2 saturated heterocycles. The van der Waals surface area contributed by atoms with Crippen molar-refractivity contribution in [2.45, 2.75) is 45.6 Å². The molecule has 1 aromatic rings. The quantitative estimate of drug-likeness (QED) is 0.595. The molecule has 0 aromatic heterocycles. The molecule has 0 radical (unpaired) electrons. The Morgan fingerprint density at radius 2 is 1.97 bits per heavy atom. The number of rotatable bonds is 4. The number of hydrogen-bond donors (Lipinski definition) is 1. The fourth-order valence-electron chi connectivity index (χ4n) is 6.67. The van der Waals surface area contributed by atoms with E-state index in [9.17, 15) is 4.79 Å². The Kier molecular flexibility index (Phi) is 5.49. The number of benzene rings is 1. The fourth-order valence-corrected chi connectivity index (χ4v) is 6.67. The molecule has 168 valence electrons. The first-order valence-corrected chi connectivity index (χ1v) is 12.1. The Hall–Kier alpha value is -2.01. The highest BCUT2D eigenvalue weighted by Crippen LogP contribution is 2.53. The molecule has 5 heteroatoms. The molecule has 4 aliphatic rings. The van der Waals surface area contributed by atoms with Crippen molar-refractivity contribution < 1.29 is 19.2 Å². The van der Waals surface area contributed by atoms with Gasteiger partial charge in [0.25, 0.3) is 0 Å². The average molecular weight is 426 g/mol. The van der Waals surface area contributed by atoms with E-state index in [2.05, 4.69) is 37.0 Å². The Bertz CT molecular complexity index is 843. The number of esters is 1. The molecule has 1 aromatic carbocycles. The number of fused-ring (bicyclic) bond motifs is 2. The van der Waals surface area contributed by atoms with Gasteiger partial charge in [0.2, 0.25) is 0 Å². The lowest BCUT2D eigenvalue weighted by atomic mass is 9.59. The molecule has 5 rings (SSSR count). The van der Waals surface area contributed by atoms with Gasteiger partial charge in [0.05, 0.1) is 39.8 Å². The third-order valence-electron chi connectivity index (χ3n) is 8.50. The molecule has 2 aliphatic heterocycles. The standard InChI is InChI=1S/C26H36N2O3/c1-18-5-4-10-26(2)16-24-21(15-23(18)26)22(25(29)31-24)17-27-11-13-28(14-12-27)19-6-8-20(30-3)9-7-19/h6-9,15,18,21-22,24H,4-5,10-14,16-17H2,1-3H3/p+1/t18-,21+,22-,24+,26+/m0/s1. The lowest BCUT2D eigenvalue weighted by Crippen LogP contribution is -3.15. The Morgan fingerprint density at radius 1 is 1.23 bits per heavy atom. The van der Waals surface area contributed by atoms with Gasteiger partial charge >= 0.3 is 5.97 Å². The van der Waals surface area contributed by atoms with E-state index in [-0.39, 0.29) is 29.3 Å². The summed E-state index contributed by atoms with van der Waals surface area (Å²) in [6.07, 6.45) is 7.43. The minimum Gasteiger partial charge on any atom is -0.497 e. The number of carbonyl (C=O) groups is 1. The van der Waals surface area contributed by atoms with Crippen LogP contribution in [0.25, 0.3) is 0 Å². The van der Waals surface area contributed by atoms with Gasteiger partial charge in [-0.1, -0.05) is 31.9 Å². The number of ether oxygens (including phenoxy) is 2. The molecule has 3 fully saturated rings. The average Bonchev–Trinajstić information content (AvgIpc) is 3.06. The predicted molar refractivity (Wildman–Crippen MR) is 121 cm³/mol. The van der Waals surface area contributed by atoms with Crippen LogP contribution in [0.1, 0.15) is 39.5 Å². The third kappa shape index (κ3) is 3.86. The molecule has 0 amide bonds. The van der Waals surface area contributed by atoms with E-state index in [1.807, 2.05) is 12.1 Å². The monoisotopic (exact) mass is 425 g/mol. The summed E-state index contributed by atoms with van der Waals surface area (Å²) in [5, 5.41) is 0. The Morgan fingerprint density at radius 3 is 2.68 bits per heavy atom. The maximum Gasteiger partial charge on any atom is 0.315 e. The van der Waals surface area contributed by atoms with Crippen molar-refractivity contribution in [3.63, 3.8) is 0 Å². The Balaban J connectivity index is 1.24. The molecule has 31 heavy (non-hydrogen) atoms. The van der Waals surface area contributed by atoms with Gasteiger partial charge in [-0.05, 0) is 54.9 Å². The van der Waals surface area contributed by atoms with Crippen molar-refractivity contribution >= 4 is 11.7 Å². The number of nitrogens with one attached hydrogen (secondary N) is 1. The highest BCUT2D eigenvalue weighted by Gasteiger charge is 2.52. The van der Waals surface area contributed by atoms with Crippen molar-refractivity contribution in [3.05, 3.63) is 35.9 Å². The molecule has 1 saturated carbocycles. The lowest BCUT2D eigenvalue weighted by Gasteiger charge is -2.46. The number of methoxy groups -OCH3 is 1. The van der Waals surface area contributed by atoms with Crippen LogP contribution in [0.2, 0.25) is 0 Å². The second-order valence-corrected chi connectivity index (χ2v) is 10.5. The topological polar surface area (TPSA) is 43.2 Å². The molecule has 0 spiro atoms. The van der Waals surface area contributed by atoms with Gasteiger partial charge in [0.1, 0.15) is 17.8 Å². The van der Waals surface area contributed by atoms with E-state index in [4.69, 9.17) is 9.47 Å². The number of carbonyl (C=O) groups excluding carboxylic acids is 1. The van der Waals surface area contributed by atoms with E-state index in [1.165, 1.54) is 29.8 Å². The second-order valence-electron chi connectivity index (χ2n) is 10.5. The fraction of sp³-hybridized carbons (Fsp3) is 0.654. The van der Waals surface area contributed by atoms with Crippen LogP contribution in [0.15, 0.2) is 35.9 Å². The number of quaternary nitrogens is 1. The van der Waals surface area contributed by atoms with E-state index in [0.29, 0.717) is 5.92 Å². The zero-order chi connectivity index (χ0) is 21.6. The molecular formula is C26H37N2O3+. The van der Waals surface area contributed by atoms with Gasteiger partial charge < -0.3 is 19.3 Å². The minimum atomic E-state index is 0.0266. The first-order chi connectivity index (χ1) is 15.0. The van der Waals surface area contributed by atoms with Crippen molar-refractivity contribution in [2.75, 3.05) is 44.7 Å². The summed E-state index contributed by atoms with van der Waals surface area (Å²) < 4.78 is 11.2. The van der Waals surface area contributed by atoms with E-state index < -0.39 is 0 Å². The third-order valence-corrected chi connectivity index (χ3v) is 8.50. The zero-order valence-electron chi connectivity index (χ0n) is 19.2. The predicted octanol–water partition coefficient (Wildman–Crippen LogP) is 2.71. The van der Waals surface area contributed by atoms with Crippen LogP contribution in [0, 0.1) is 23.2 Å². The normalized spacial score (nSPS) is 35.8. The molecule has 2 aliphatic carbocycles. The van der Waals surface area contributed by atoms with Gasteiger partial charge in [-0.15, -0.1) is 0 Å². The van der Waals surface area contributed by atoms with Crippen LogP contribution in [0.3, 0.4) is 0 Å². The van der Waals surface area contributed by atoms with Crippen LogP contribution in [-0.4, -0.2) is 51.9 Å². The van der Waals surface area contributed by atoms with Crippen LogP contribution >= 0.6 is 0 Å². The molecule has 1 N–H and O–H groups in total. The minimum absolute atomic E-state index is 0.0266. The maximum atomic E-state index is 12.9. The summed E-state index contributed by atoms with van der Waals surface area (Å²) in [6.45, 7) is 9.86. The van der Waals surface area contributed by atoms with Crippen molar-refractivity contribution in [3.8, 4) is 5.75 Å². The van der Waals surface area contributed by atoms with Crippen molar-refractivity contribution in [2.24, 2.45) is 23.2 Å². The SMILES string of the molecule is COc1ccc(N2CC[NH+](C[C@@H]3C(=O)O[C@@H]4C[C@@]5(C)CCC[C@H](C)C5=C[C@H]34)CC2)cc1. The summed E-state index contributed by atoms with van der Waals surface area (Å²) in [4.78, 5) is 16.8. The number of hydrogen-bond acceptors (Lipinski definition) is 4. The zero-order valence-corrected chi connectivity index (χ0v) is 19.2. The van der Waals surface area contributed by atoms with E-state index >= 15 is 0 Å². The van der Waals surface area contributed by atoms with E-state index in [1.54, 1.807) is 12.7 Å². The summed E-state index contributed by atoms with van der Waals surface area (Å²) in [5.74, 6) is 1.90. The summed E-state index contributed by atoms with van der Waals surface area (Å²) >= 11 is 0.